The molecule has 10 nitrogen and oxygen atoms in total. The predicted molar refractivity (Wildman–Crippen MR) is 111 cm³/mol. The first-order valence-electron chi connectivity index (χ1n) is 10.2. The highest BCUT2D eigenvalue weighted by atomic mass is 16.6. The van der Waals surface area contributed by atoms with Crippen molar-refractivity contribution >= 4 is 23.8 Å². The van der Waals surface area contributed by atoms with E-state index >= 15 is 0 Å². The maximum atomic E-state index is 12.8. The summed E-state index contributed by atoms with van der Waals surface area (Å²) in [7, 11) is 1.23. The summed E-state index contributed by atoms with van der Waals surface area (Å²) in [5.74, 6) is -2.20. The van der Waals surface area contributed by atoms with Crippen molar-refractivity contribution in [3.8, 4) is 0 Å². The fourth-order valence-corrected chi connectivity index (χ4v) is 2.65. The Bertz CT molecular complexity index is 656. The van der Waals surface area contributed by atoms with E-state index in [9.17, 15) is 19.2 Å². The number of amides is 2. The van der Waals surface area contributed by atoms with Crippen molar-refractivity contribution in [3.63, 3.8) is 0 Å². The van der Waals surface area contributed by atoms with Crippen LogP contribution in [0.1, 0.15) is 40.5 Å². The van der Waals surface area contributed by atoms with Crippen molar-refractivity contribution in [2.75, 3.05) is 33.5 Å². The van der Waals surface area contributed by atoms with Crippen LogP contribution in [-0.2, 0) is 33.3 Å². The number of Topliss-reactive ketones (excluding diaryl/α,β-unsaturated/α-hetero) is 1. The van der Waals surface area contributed by atoms with Crippen LogP contribution < -0.4 is 10.6 Å². The van der Waals surface area contributed by atoms with Gasteiger partial charge in [0.05, 0.1) is 26.9 Å². The molecule has 0 saturated carbocycles. The monoisotopic (exact) mass is 442 g/mol. The molecule has 3 atom stereocenters. The van der Waals surface area contributed by atoms with Gasteiger partial charge < -0.3 is 29.6 Å². The van der Waals surface area contributed by atoms with E-state index in [2.05, 4.69) is 10.6 Å². The molecule has 2 amide bonds. The van der Waals surface area contributed by atoms with Gasteiger partial charge in [0.1, 0.15) is 17.7 Å². The SMILES string of the molecule is COC(=O)[C@@H]1CCOCC=CCOC[C@H](NC(=O)OC(C)(C)C)C(=O)C[C@@H](C)C(=O)N1. The Hall–Kier alpha value is -2.46. The number of ketones is 1. The van der Waals surface area contributed by atoms with Crippen LogP contribution in [0.15, 0.2) is 12.2 Å². The maximum absolute atomic E-state index is 12.8. The quantitative estimate of drug-likeness (QED) is 0.481. The van der Waals surface area contributed by atoms with Gasteiger partial charge in [0.25, 0.3) is 0 Å². The van der Waals surface area contributed by atoms with Crippen LogP contribution in [0.2, 0.25) is 0 Å². The molecule has 0 saturated heterocycles. The summed E-state index contributed by atoms with van der Waals surface area (Å²) in [6.07, 6.45) is 2.78. The molecule has 1 aliphatic heterocycles. The van der Waals surface area contributed by atoms with Crippen molar-refractivity contribution in [3.05, 3.63) is 12.2 Å². The normalized spacial score (nSPS) is 24.7. The second kappa shape index (κ2) is 13.1. The van der Waals surface area contributed by atoms with Gasteiger partial charge in [-0.25, -0.2) is 9.59 Å². The molecule has 2 N–H and O–H groups in total. The van der Waals surface area contributed by atoms with E-state index in [1.54, 1.807) is 39.8 Å². The number of methoxy groups -OCH3 is 1. The average Bonchev–Trinajstić information content (AvgIpc) is 2.67. The number of nitrogens with one attached hydrogen (secondary N) is 2. The first-order valence-corrected chi connectivity index (χ1v) is 10.2. The van der Waals surface area contributed by atoms with Crippen LogP contribution in [0.25, 0.3) is 0 Å². The van der Waals surface area contributed by atoms with Gasteiger partial charge >= 0.3 is 12.1 Å². The number of carbonyl (C=O) groups excluding carboxylic acids is 4. The Morgan fingerprint density at radius 3 is 2.42 bits per heavy atom. The Labute approximate surface area is 183 Å². The lowest BCUT2D eigenvalue weighted by atomic mass is 9.99. The molecule has 1 rings (SSSR count). The smallest absolute Gasteiger partial charge is 0.408 e. The third-order valence-electron chi connectivity index (χ3n) is 4.27. The third-order valence-corrected chi connectivity index (χ3v) is 4.27. The molecular weight excluding hydrogens is 408 g/mol. The molecule has 0 aromatic rings. The first kappa shape index (κ1) is 26.6. The van der Waals surface area contributed by atoms with Crippen LogP contribution in [-0.4, -0.2) is 75.0 Å². The number of esters is 1. The van der Waals surface area contributed by atoms with Gasteiger partial charge in [-0.3, -0.25) is 9.59 Å². The van der Waals surface area contributed by atoms with Gasteiger partial charge in [0.15, 0.2) is 5.78 Å². The van der Waals surface area contributed by atoms with Crippen molar-refractivity contribution in [2.24, 2.45) is 5.92 Å². The van der Waals surface area contributed by atoms with Gasteiger partial charge in [-0.15, -0.1) is 0 Å². The highest BCUT2D eigenvalue weighted by Crippen LogP contribution is 2.10. The molecule has 10 heteroatoms. The van der Waals surface area contributed by atoms with E-state index in [1.807, 2.05) is 0 Å². The fraction of sp³-hybridized carbons (Fsp3) is 0.714. The van der Waals surface area contributed by atoms with Crippen molar-refractivity contribution in [1.82, 2.24) is 10.6 Å². The number of alkyl carbamates (subject to hydrolysis) is 1. The van der Waals surface area contributed by atoms with E-state index in [1.165, 1.54) is 7.11 Å². The van der Waals surface area contributed by atoms with Gasteiger partial charge in [0, 0.05) is 25.4 Å². The van der Waals surface area contributed by atoms with Crippen LogP contribution in [0.3, 0.4) is 0 Å². The predicted octanol–water partition coefficient (Wildman–Crippen LogP) is 1.13. The summed E-state index contributed by atoms with van der Waals surface area (Å²) in [5.41, 5.74) is -0.731. The molecule has 0 aliphatic carbocycles. The number of rotatable bonds is 2. The zero-order valence-electron chi connectivity index (χ0n) is 18.9. The van der Waals surface area contributed by atoms with E-state index in [-0.39, 0.29) is 38.4 Å². The Kier molecular flexibility index (Phi) is 11.2. The van der Waals surface area contributed by atoms with Crippen molar-refractivity contribution in [1.29, 1.82) is 0 Å². The molecule has 1 aliphatic rings. The molecule has 0 unspecified atom stereocenters. The van der Waals surface area contributed by atoms with Crippen LogP contribution in [0, 0.1) is 5.92 Å². The lowest BCUT2D eigenvalue weighted by Gasteiger charge is -2.24. The number of carbonyl (C=O) groups is 4. The minimum atomic E-state index is -0.987. The summed E-state index contributed by atoms with van der Waals surface area (Å²) in [6, 6.07) is -1.87. The maximum Gasteiger partial charge on any atom is 0.408 e. The summed E-state index contributed by atoms with van der Waals surface area (Å²) < 4.78 is 20.9. The molecule has 0 aromatic heterocycles. The van der Waals surface area contributed by atoms with Gasteiger partial charge in [-0.05, 0) is 20.8 Å². The summed E-state index contributed by atoms with van der Waals surface area (Å²) in [5, 5.41) is 5.11. The fourth-order valence-electron chi connectivity index (χ4n) is 2.65. The minimum absolute atomic E-state index is 0.0810. The van der Waals surface area contributed by atoms with Crippen LogP contribution in [0.5, 0.6) is 0 Å². The molecular formula is C21H34N2O8. The molecule has 1 heterocycles. The van der Waals surface area contributed by atoms with E-state index in [0.717, 1.165) is 0 Å². The van der Waals surface area contributed by atoms with Crippen LogP contribution in [0.4, 0.5) is 4.79 Å². The van der Waals surface area contributed by atoms with Crippen molar-refractivity contribution in [2.45, 2.75) is 58.2 Å². The molecule has 31 heavy (non-hydrogen) atoms. The molecule has 0 bridgehead atoms. The zero-order chi connectivity index (χ0) is 23.4. The first-order chi connectivity index (χ1) is 14.5. The third kappa shape index (κ3) is 10.9. The topological polar surface area (TPSA) is 129 Å². The molecule has 0 spiro atoms. The molecule has 176 valence electrons. The number of hydrogen-bond donors (Lipinski definition) is 2. The Morgan fingerprint density at radius 2 is 1.81 bits per heavy atom. The molecule has 0 fully saturated rings. The number of hydrogen-bond acceptors (Lipinski definition) is 8. The average molecular weight is 443 g/mol. The van der Waals surface area contributed by atoms with Crippen molar-refractivity contribution < 1.29 is 38.1 Å². The molecule has 0 radical (unpaired) electrons. The largest absolute Gasteiger partial charge is 0.467 e. The minimum Gasteiger partial charge on any atom is -0.467 e. The lowest BCUT2D eigenvalue weighted by Crippen LogP contribution is -2.48. The van der Waals surface area contributed by atoms with Gasteiger partial charge in [-0.1, -0.05) is 19.1 Å². The Balaban J connectivity index is 2.92. The highest BCUT2D eigenvalue weighted by molar-refractivity contribution is 5.92. The van der Waals surface area contributed by atoms with Gasteiger partial charge in [0.2, 0.25) is 5.91 Å². The van der Waals surface area contributed by atoms with Crippen LogP contribution >= 0.6 is 0 Å². The van der Waals surface area contributed by atoms with E-state index in [4.69, 9.17) is 18.9 Å². The second-order valence-electron chi connectivity index (χ2n) is 8.23. The lowest BCUT2D eigenvalue weighted by molar-refractivity contribution is -0.146. The summed E-state index contributed by atoms with van der Waals surface area (Å²) in [4.78, 5) is 49.4. The Morgan fingerprint density at radius 1 is 1.16 bits per heavy atom. The highest BCUT2D eigenvalue weighted by Gasteiger charge is 2.29. The summed E-state index contributed by atoms with van der Waals surface area (Å²) >= 11 is 0. The second-order valence-corrected chi connectivity index (χ2v) is 8.23. The number of ether oxygens (including phenoxy) is 4. The standard InChI is InChI=1S/C21H34N2O8/c1-14-12-17(24)16(23-20(27)31-21(2,3)4)13-30-10-7-6-9-29-11-8-15(19(26)28-5)22-18(14)25/h6-7,14-16H,8-13H2,1-5H3,(H,22,25)(H,23,27)/t14-,15+,16+/m1/s1. The van der Waals surface area contributed by atoms with Gasteiger partial charge in [-0.2, -0.15) is 0 Å². The summed E-state index contributed by atoms with van der Waals surface area (Å²) in [6.45, 7) is 7.35. The molecule has 0 aromatic carbocycles. The zero-order valence-corrected chi connectivity index (χ0v) is 18.9. The van der Waals surface area contributed by atoms with E-state index < -0.39 is 41.6 Å². The van der Waals surface area contributed by atoms with E-state index in [0.29, 0.717) is 6.61 Å².